The molecule has 0 bridgehead atoms. The van der Waals surface area contributed by atoms with E-state index >= 15 is 0 Å². The monoisotopic (exact) mass is 399 g/mol. The van der Waals surface area contributed by atoms with Gasteiger partial charge < -0.3 is 16.0 Å². The van der Waals surface area contributed by atoms with Gasteiger partial charge in [0.05, 0.1) is 5.69 Å². The molecule has 0 saturated heterocycles. The number of benzene rings is 1. The van der Waals surface area contributed by atoms with Crippen LogP contribution in [0.15, 0.2) is 36.4 Å². The van der Waals surface area contributed by atoms with E-state index in [4.69, 9.17) is 11.6 Å². The third kappa shape index (κ3) is 5.20. The average Bonchev–Trinajstić information content (AvgIpc) is 2.97. The van der Waals surface area contributed by atoms with Crippen LogP contribution in [0.3, 0.4) is 0 Å². The Kier molecular flexibility index (Phi) is 6.10. The van der Waals surface area contributed by atoms with Crippen LogP contribution in [0.2, 0.25) is 5.02 Å². The summed E-state index contributed by atoms with van der Waals surface area (Å²) in [7, 11) is 0. The SMILES string of the molecule is Cc1cc(C)n(-c2cc(NCCNC(=O)Nc3cccc(Cl)c3)nc(C)n2)n1. The second-order valence-electron chi connectivity index (χ2n) is 6.32. The lowest BCUT2D eigenvalue weighted by molar-refractivity contribution is 0.252. The Morgan fingerprint density at radius 2 is 1.93 bits per heavy atom. The highest BCUT2D eigenvalue weighted by molar-refractivity contribution is 6.30. The van der Waals surface area contributed by atoms with Crippen molar-refractivity contribution >= 4 is 29.1 Å². The molecule has 1 aromatic carbocycles. The van der Waals surface area contributed by atoms with Crippen LogP contribution >= 0.6 is 11.6 Å². The largest absolute Gasteiger partial charge is 0.368 e. The zero-order chi connectivity index (χ0) is 20.1. The van der Waals surface area contributed by atoms with Crippen molar-refractivity contribution in [2.24, 2.45) is 0 Å². The van der Waals surface area contributed by atoms with Crippen molar-refractivity contribution < 1.29 is 4.79 Å². The highest BCUT2D eigenvalue weighted by atomic mass is 35.5. The molecule has 9 heteroatoms. The van der Waals surface area contributed by atoms with Gasteiger partial charge in [-0.25, -0.2) is 19.4 Å². The molecule has 0 atom stereocenters. The van der Waals surface area contributed by atoms with Gasteiger partial charge in [-0.3, -0.25) is 0 Å². The number of nitrogens with one attached hydrogen (secondary N) is 3. The third-order valence-electron chi connectivity index (χ3n) is 3.85. The maximum Gasteiger partial charge on any atom is 0.319 e. The fourth-order valence-electron chi connectivity index (χ4n) is 2.72. The zero-order valence-corrected chi connectivity index (χ0v) is 16.7. The maximum atomic E-state index is 11.9. The predicted molar refractivity (Wildman–Crippen MR) is 110 cm³/mol. The van der Waals surface area contributed by atoms with Gasteiger partial charge in [-0.05, 0) is 45.0 Å². The van der Waals surface area contributed by atoms with Crippen LogP contribution in [0, 0.1) is 20.8 Å². The summed E-state index contributed by atoms with van der Waals surface area (Å²) >= 11 is 5.90. The molecule has 0 aliphatic heterocycles. The number of hydrogen-bond donors (Lipinski definition) is 3. The molecule has 3 N–H and O–H groups in total. The quantitative estimate of drug-likeness (QED) is 0.551. The lowest BCUT2D eigenvalue weighted by Crippen LogP contribution is -2.32. The first-order valence-corrected chi connectivity index (χ1v) is 9.22. The van der Waals surface area contributed by atoms with E-state index < -0.39 is 0 Å². The molecule has 0 spiro atoms. The van der Waals surface area contributed by atoms with E-state index in [0.29, 0.717) is 41.3 Å². The summed E-state index contributed by atoms with van der Waals surface area (Å²) in [6, 6.07) is 10.5. The molecular formula is C19H22ClN7O. The van der Waals surface area contributed by atoms with E-state index in [1.807, 2.05) is 32.9 Å². The number of carbonyl (C=O) groups is 1. The van der Waals surface area contributed by atoms with Crippen molar-refractivity contribution in [1.82, 2.24) is 25.1 Å². The number of carbonyl (C=O) groups excluding carboxylic acids is 1. The van der Waals surface area contributed by atoms with Gasteiger partial charge in [0, 0.05) is 35.6 Å². The van der Waals surface area contributed by atoms with E-state index in [1.54, 1.807) is 28.9 Å². The number of urea groups is 1. The number of aromatic nitrogens is 4. The van der Waals surface area contributed by atoms with E-state index in [1.165, 1.54) is 0 Å². The Bertz CT molecular complexity index is 986. The fraction of sp³-hybridized carbons (Fsp3) is 0.263. The molecule has 3 rings (SSSR count). The minimum Gasteiger partial charge on any atom is -0.368 e. The molecule has 28 heavy (non-hydrogen) atoms. The summed E-state index contributed by atoms with van der Waals surface area (Å²) in [5.74, 6) is 2.01. The molecule has 0 radical (unpaired) electrons. The standard InChI is InChI=1S/C19H22ClN7O/c1-12-9-13(2)27(26-12)18-11-17(23-14(3)24-18)21-7-8-22-19(28)25-16-6-4-5-15(20)10-16/h4-6,9-11H,7-8H2,1-3H3,(H,21,23,24)(H2,22,25,28). The smallest absolute Gasteiger partial charge is 0.319 e. The van der Waals surface area contributed by atoms with Crippen LogP contribution < -0.4 is 16.0 Å². The first kappa shape index (κ1) is 19.6. The summed E-state index contributed by atoms with van der Waals surface area (Å²) in [5, 5.41) is 13.7. The van der Waals surface area contributed by atoms with Crippen molar-refractivity contribution in [2.75, 3.05) is 23.7 Å². The third-order valence-corrected chi connectivity index (χ3v) is 4.09. The summed E-state index contributed by atoms with van der Waals surface area (Å²) in [6.45, 7) is 6.68. The van der Waals surface area contributed by atoms with Gasteiger partial charge in [-0.15, -0.1) is 0 Å². The lowest BCUT2D eigenvalue weighted by atomic mass is 10.3. The Hall–Kier alpha value is -3.13. The molecule has 146 valence electrons. The van der Waals surface area contributed by atoms with Gasteiger partial charge >= 0.3 is 6.03 Å². The molecule has 3 aromatic rings. The molecule has 2 amide bonds. The van der Waals surface area contributed by atoms with Crippen molar-refractivity contribution in [3.8, 4) is 5.82 Å². The van der Waals surface area contributed by atoms with Gasteiger partial charge in [-0.1, -0.05) is 17.7 Å². The molecule has 0 saturated carbocycles. The molecule has 0 unspecified atom stereocenters. The number of nitrogens with zero attached hydrogens (tertiary/aromatic N) is 4. The normalized spacial score (nSPS) is 10.6. The fourth-order valence-corrected chi connectivity index (χ4v) is 2.91. The Labute approximate surface area is 168 Å². The highest BCUT2D eigenvalue weighted by Gasteiger charge is 2.08. The van der Waals surface area contributed by atoms with E-state index in [2.05, 4.69) is 31.0 Å². The molecule has 0 aliphatic carbocycles. The van der Waals surface area contributed by atoms with Gasteiger partial charge in [0.25, 0.3) is 0 Å². The Morgan fingerprint density at radius 1 is 1.11 bits per heavy atom. The maximum absolute atomic E-state index is 11.9. The van der Waals surface area contributed by atoms with E-state index in [9.17, 15) is 4.79 Å². The zero-order valence-electron chi connectivity index (χ0n) is 16.0. The Balaban J connectivity index is 1.53. The second kappa shape index (κ2) is 8.71. The highest BCUT2D eigenvalue weighted by Crippen LogP contribution is 2.15. The van der Waals surface area contributed by atoms with Gasteiger partial charge in [0.1, 0.15) is 11.6 Å². The van der Waals surface area contributed by atoms with Crippen molar-refractivity contribution in [1.29, 1.82) is 0 Å². The van der Waals surface area contributed by atoms with Crippen LogP contribution in [0.5, 0.6) is 0 Å². The number of aryl methyl sites for hydroxylation is 3. The van der Waals surface area contributed by atoms with Crippen LogP contribution in [0.4, 0.5) is 16.3 Å². The van der Waals surface area contributed by atoms with Crippen molar-refractivity contribution in [2.45, 2.75) is 20.8 Å². The first-order valence-electron chi connectivity index (χ1n) is 8.84. The van der Waals surface area contributed by atoms with Crippen LogP contribution in [-0.4, -0.2) is 38.9 Å². The Morgan fingerprint density at radius 3 is 2.64 bits per heavy atom. The van der Waals surface area contributed by atoms with E-state index in [0.717, 1.165) is 11.4 Å². The number of hydrogen-bond acceptors (Lipinski definition) is 5. The van der Waals surface area contributed by atoms with Gasteiger partial charge in [0.15, 0.2) is 5.82 Å². The average molecular weight is 400 g/mol. The molecule has 2 aromatic heterocycles. The van der Waals surface area contributed by atoms with Crippen LogP contribution in [0.1, 0.15) is 17.2 Å². The number of halogens is 1. The molecule has 0 aliphatic rings. The minimum absolute atomic E-state index is 0.300. The van der Waals surface area contributed by atoms with Crippen molar-refractivity contribution in [3.63, 3.8) is 0 Å². The van der Waals surface area contributed by atoms with Crippen LogP contribution in [-0.2, 0) is 0 Å². The first-order chi connectivity index (χ1) is 13.4. The van der Waals surface area contributed by atoms with Gasteiger partial charge in [0.2, 0.25) is 0 Å². The molecule has 0 fully saturated rings. The molecule has 8 nitrogen and oxygen atoms in total. The summed E-state index contributed by atoms with van der Waals surface area (Å²) in [4.78, 5) is 20.8. The van der Waals surface area contributed by atoms with Gasteiger partial charge in [-0.2, -0.15) is 5.10 Å². The van der Waals surface area contributed by atoms with E-state index in [-0.39, 0.29) is 6.03 Å². The lowest BCUT2D eigenvalue weighted by Gasteiger charge is -2.11. The molecule has 2 heterocycles. The summed E-state index contributed by atoms with van der Waals surface area (Å²) in [5.41, 5.74) is 2.57. The topological polar surface area (TPSA) is 96.8 Å². The van der Waals surface area contributed by atoms with Crippen LogP contribution in [0.25, 0.3) is 5.82 Å². The minimum atomic E-state index is -0.300. The molecular weight excluding hydrogens is 378 g/mol. The number of rotatable bonds is 6. The van der Waals surface area contributed by atoms with Crippen molar-refractivity contribution in [3.05, 3.63) is 58.6 Å². The summed E-state index contributed by atoms with van der Waals surface area (Å²) < 4.78 is 1.78. The summed E-state index contributed by atoms with van der Waals surface area (Å²) in [6.07, 6.45) is 0. The number of anilines is 2. The second-order valence-corrected chi connectivity index (χ2v) is 6.75. The number of amides is 2. The predicted octanol–water partition coefficient (Wildman–Crippen LogP) is 3.47.